The second-order valence-electron chi connectivity index (χ2n) is 5.23. The molecule has 0 spiro atoms. The van der Waals surface area contributed by atoms with E-state index in [0.29, 0.717) is 16.3 Å². The van der Waals surface area contributed by atoms with Crippen LogP contribution < -0.4 is 5.32 Å². The SMILES string of the molecule is COC(=O)C[C@@H](C)c1ccccc1C(=O)Nc1cccc(Cl)c1. The first-order valence-electron chi connectivity index (χ1n) is 7.24. The lowest BCUT2D eigenvalue weighted by Gasteiger charge is -2.15. The average Bonchev–Trinajstić information content (AvgIpc) is 2.54. The summed E-state index contributed by atoms with van der Waals surface area (Å²) in [7, 11) is 1.35. The van der Waals surface area contributed by atoms with Gasteiger partial charge in [-0.05, 0) is 35.7 Å². The van der Waals surface area contributed by atoms with Crippen molar-refractivity contribution in [3.8, 4) is 0 Å². The van der Waals surface area contributed by atoms with Gasteiger partial charge in [0.15, 0.2) is 0 Å². The normalized spacial score (nSPS) is 11.6. The second kappa shape index (κ2) is 7.79. The van der Waals surface area contributed by atoms with Crippen LogP contribution in [-0.2, 0) is 9.53 Å². The van der Waals surface area contributed by atoms with E-state index in [2.05, 4.69) is 5.32 Å². The van der Waals surface area contributed by atoms with Crippen LogP contribution in [0, 0.1) is 0 Å². The third-order valence-electron chi connectivity index (χ3n) is 3.52. The summed E-state index contributed by atoms with van der Waals surface area (Å²) in [5, 5.41) is 3.37. The number of hydrogen-bond donors (Lipinski definition) is 1. The Morgan fingerprint density at radius 2 is 1.91 bits per heavy atom. The van der Waals surface area contributed by atoms with E-state index in [1.807, 2.05) is 19.1 Å². The van der Waals surface area contributed by atoms with E-state index in [1.165, 1.54) is 7.11 Å². The minimum absolute atomic E-state index is 0.122. The Kier molecular flexibility index (Phi) is 5.77. The fraction of sp³-hybridized carbons (Fsp3) is 0.222. The van der Waals surface area contributed by atoms with Crippen LogP contribution in [0.4, 0.5) is 5.69 Å². The first kappa shape index (κ1) is 17.0. The fourth-order valence-electron chi connectivity index (χ4n) is 2.34. The number of carbonyl (C=O) groups is 2. The second-order valence-corrected chi connectivity index (χ2v) is 5.67. The molecule has 0 saturated heterocycles. The van der Waals surface area contributed by atoms with Crippen molar-refractivity contribution in [3.63, 3.8) is 0 Å². The molecule has 1 atom stereocenters. The van der Waals surface area contributed by atoms with Crippen molar-refractivity contribution >= 4 is 29.2 Å². The molecule has 0 aliphatic rings. The van der Waals surface area contributed by atoms with Crippen LogP contribution in [0.1, 0.15) is 35.2 Å². The molecule has 120 valence electrons. The Balaban J connectivity index is 2.22. The number of rotatable bonds is 5. The molecule has 0 aliphatic carbocycles. The first-order valence-corrected chi connectivity index (χ1v) is 7.61. The number of ether oxygens (including phenoxy) is 1. The van der Waals surface area contributed by atoms with Gasteiger partial charge in [0.2, 0.25) is 0 Å². The molecular formula is C18H18ClNO3. The molecule has 5 heteroatoms. The lowest BCUT2D eigenvalue weighted by molar-refractivity contribution is -0.140. The molecule has 0 saturated carbocycles. The van der Waals surface area contributed by atoms with Gasteiger partial charge in [-0.1, -0.05) is 42.8 Å². The van der Waals surface area contributed by atoms with Crippen LogP contribution in [0.2, 0.25) is 5.02 Å². The van der Waals surface area contributed by atoms with Gasteiger partial charge < -0.3 is 10.1 Å². The summed E-state index contributed by atoms with van der Waals surface area (Å²) in [6.07, 6.45) is 0.220. The number of carbonyl (C=O) groups excluding carboxylic acids is 2. The lowest BCUT2D eigenvalue weighted by atomic mass is 9.92. The zero-order valence-electron chi connectivity index (χ0n) is 13.0. The minimum atomic E-state index is -0.303. The number of nitrogens with one attached hydrogen (secondary N) is 1. The zero-order chi connectivity index (χ0) is 16.8. The van der Waals surface area contributed by atoms with Gasteiger partial charge in [-0.15, -0.1) is 0 Å². The van der Waals surface area contributed by atoms with Gasteiger partial charge in [0.1, 0.15) is 0 Å². The maximum absolute atomic E-state index is 12.5. The van der Waals surface area contributed by atoms with Gasteiger partial charge >= 0.3 is 5.97 Å². The third-order valence-corrected chi connectivity index (χ3v) is 3.75. The summed E-state index contributed by atoms with van der Waals surface area (Å²) in [6.45, 7) is 1.89. The molecule has 0 radical (unpaired) electrons. The highest BCUT2D eigenvalue weighted by Crippen LogP contribution is 2.24. The van der Waals surface area contributed by atoms with Gasteiger partial charge in [-0.2, -0.15) is 0 Å². The monoisotopic (exact) mass is 331 g/mol. The molecule has 2 rings (SSSR count). The van der Waals surface area contributed by atoms with E-state index in [4.69, 9.17) is 16.3 Å². The molecule has 2 aromatic rings. The quantitative estimate of drug-likeness (QED) is 0.833. The van der Waals surface area contributed by atoms with E-state index in [0.717, 1.165) is 5.56 Å². The summed E-state index contributed by atoms with van der Waals surface area (Å²) < 4.78 is 4.70. The summed E-state index contributed by atoms with van der Waals surface area (Å²) in [5.74, 6) is -0.661. The molecule has 2 aromatic carbocycles. The smallest absolute Gasteiger partial charge is 0.306 e. The van der Waals surface area contributed by atoms with Crippen LogP contribution in [0.3, 0.4) is 0 Å². The maximum atomic E-state index is 12.5. The lowest BCUT2D eigenvalue weighted by Crippen LogP contribution is -2.16. The summed E-state index contributed by atoms with van der Waals surface area (Å²) >= 11 is 5.93. The largest absolute Gasteiger partial charge is 0.469 e. The van der Waals surface area contributed by atoms with E-state index >= 15 is 0 Å². The van der Waals surface area contributed by atoms with Gasteiger partial charge in [-0.25, -0.2) is 0 Å². The summed E-state index contributed by atoms with van der Waals surface area (Å²) in [6, 6.07) is 14.2. The number of esters is 1. The van der Waals surface area contributed by atoms with Crippen molar-refractivity contribution < 1.29 is 14.3 Å². The molecular weight excluding hydrogens is 314 g/mol. The van der Waals surface area contributed by atoms with Crippen molar-refractivity contribution in [2.75, 3.05) is 12.4 Å². The van der Waals surface area contributed by atoms with Crippen LogP contribution in [0.15, 0.2) is 48.5 Å². The molecule has 0 heterocycles. The fourth-order valence-corrected chi connectivity index (χ4v) is 2.53. The average molecular weight is 332 g/mol. The topological polar surface area (TPSA) is 55.4 Å². The van der Waals surface area contributed by atoms with Crippen LogP contribution in [0.5, 0.6) is 0 Å². The molecule has 1 amide bonds. The molecule has 1 N–H and O–H groups in total. The highest BCUT2D eigenvalue weighted by Gasteiger charge is 2.18. The Hall–Kier alpha value is -2.33. The first-order chi connectivity index (χ1) is 11.0. The van der Waals surface area contributed by atoms with Gasteiger partial charge in [-0.3, -0.25) is 9.59 Å². The predicted molar refractivity (Wildman–Crippen MR) is 90.9 cm³/mol. The van der Waals surface area contributed by atoms with E-state index in [-0.39, 0.29) is 24.2 Å². The van der Waals surface area contributed by atoms with Crippen molar-refractivity contribution in [3.05, 3.63) is 64.7 Å². The van der Waals surface area contributed by atoms with Crippen molar-refractivity contribution in [1.29, 1.82) is 0 Å². The Morgan fingerprint density at radius 3 is 2.61 bits per heavy atom. The molecule has 0 fully saturated rings. The van der Waals surface area contributed by atoms with Crippen LogP contribution >= 0.6 is 11.6 Å². The maximum Gasteiger partial charge on any atom is 0.306 e. The molecule has 0 aliphatic heterocycles. The Bertz CT molecular complexity index is 715. The van der Waals surface area contributed by atoms with Gasteiger partial charge in [0, 0.05) is 16.3 Å². The number of amides is 1. The zero-order valence-corrected chi connectivity index (χ0v) is 13.8. The van der Waals surface area contributed by atoms with Gasteiger partial charge in [0.25, 0.3) is 5.91 Å². The van der Waals surface area contributed by atoms with E-state index < -0.39 is 0 Å². The van der Waals surface area contributed by atoms with Crippen molar-refractivity contribution in [2.24, 2.45) is 0 Å². The number of benzene rings is 2. The predicted octanol–water partition coefficient (Wildman–Crippen LogP) is 4.26. The molecule has 0 aromatic heterocycles. The van der Waals surface area contributed by atoms with Crippen molar-refractivity contribution in [1.82, 2.24) is 0 Å². The Morgan fingerprint density at radius 1 is 1.17 bits per heavy atom. The van der Waals surface area contributed by atoms with Gasteiger partial charge in [0.05, 0.1) is 13.5 Å². The minimum Gasteiger partial charge on any atom is -0.469 e. The molecule has 23 heavy (non-hydrogen) atoms. The Labute approximate surface area is 140 Å². The molecule has 4 nitrogen and oxygen atoms in total. The highest BCUT2D eigenvalue weighted by molar-refractivity contribution is 6.31. The number of anilines is 1. The summed E-state index contributed by atoms with van der Waals surface area (Å²) in [4.78, 5) is 24.0. The van der Waals surface area contributed by atoms with Crippen LogP contribution in [0.25, 0.3) is 0 Å². The van der Waals surface area contributed by atoms with Crippen molar-refractivity contribution in [2.45, 2.75) is 19.3 Å². The van der Waals surface area contributed by atoms with E-state index in [9.17, 15) is 9.59 Å². The number of hydrogen-bond acceptors (Lipinski definition) is 3. The summed E-state index contributed by atoms with van der Waals surface area (Å²) in [5.41, 5.74) is 1.96. The third kappa shape index (κ3) is 4.57. The van der Waals surface area contributed by atoms with E-state index in [1.54, 1.807) is 36.4 Å². The molecule has 0 unspecified atom stereocenters. The number of halogens is 1. The standard InChI is InChI=1S/C18H18ClNO3/c1-12(10-17(21)23-2)15-8-3-4-9-16(15)18(22)20-14-7-5-6-13(19)11-14/h3-9,11-12H,10H2,1-2H3,(H,20,22)/t12-/m1/s1. The van der Waals surface area contributed by atoms with Crippen LogP contribution in [-0.4, -0.2) is 19.0 Å². The molecule has 0 bridgehead atoms. The number of methoxy groups -OCH3 is 1. The highest BCUT2D eigenvalue weighted by atomic mass is 35.5.